The molecule has 2 saturated heterocycles. The molecule has 0 aromatic carbocycles. The van der Waals surface area contributed by atoms with Crippen LogP contribution in [-0.4, -0.2) is 108 Å². The number of anilines is 2. The highest BCUT2D eigenvalue weighted by molar-refractivity contribution is 7.19. The highest BCUT2D eigenvalue weighted by Crippen LogP contribution is 2.35. The number of hydrogen-bond acceptors (Lipinski definition) is 11. The Kier molecular flexibility index (Phi) is 7.49. The number of carbonyl (C=O) groups excluding carboxylic acids is 1. The van der Waals surface area contributed by atoms with Crippen molar-refractivity contribution in [2.45, 2.75) is 12.6 Å². The van der Waals surface area contributed by atoms with Crippen LogP contribution in [0.5, 0.6) is 0 Å². The number of morpholine rings is 1. The van der Waals surface area contributed by atoms with E-state index in [1.807, 2.05) is 25.4 Å². The molecule has 186 valence electrons. The first kappa shape index (κ1) is 24.0. The van der Waals surface area contributed by atoms with Gasteiger partial charge in [0.05, 0.1) is 23.4 Å². The molecule has 2 aliphatic rings. The lowest BCUT2D eigenvalue weighted by atomic mass is 10.2. The molecule has 5 heterocycles. The van der Waals surface area contributed by atoms with Crippen molar-refractivity contribution in [2.24, 2.45) is 0 Å². The van der Waals surface area contributed by atoms with Gasteiger partial charge in [-0.1, -0.05) is 0 Å². The van der Waals surface area contributed by atoms with Crippen LogP contribution in [0.4, 0.5) is 11.6 Å². The van der Waals surface area contributed by atoms with Gasteiger partial charge in [0.15, 0.2) is 11.6 Å². The zero-order valence-electron chi connectivity index (χ0n) is 19.9. The zero-order chi connectivity index (χ0) is 24.2. The molecule has 3 aromatic rings. The predicted molar refractivity (Wildman–Crippen MR) is 137 cm³/mol. The summed E-state index contributed by atoms with van der Waals surface area (Å²) in [5.74, 6) is 2.46. The van der Waals surface area contributed by atoms with Gasteiger partial charge in [-0.2, -0.15) is 0 Å². The molecule has 11 heteroatoms. The summed E-state index contributed by atoms with van der Waals surface area (Å²) in [4.78, 5) is 33.2. The van der Waals surface area contributed by atoms with Crippen LogP contribution in [0.1, 0.15) is 4.88 Å². The molecule has 2 fully saturated rings. The van der Waals surface area contributed by atoms with Gasteiger partial charge in [0, 0.05) is 76.0 Å². The molecule has 0 radical (unpaired) electrons. The molecular formula is C24H31N7O3S. The minimum atomic E-state index is -0.903. The van der Waals surface area contributed by atoms with Crippen LogP contribution in [0.3, 0.4) is 0 Å². The number of nitrogens with zero attached hydrogens (tertiary/aromatic N) is 6. The van der Waals surface area contributed by atoms with E-state index in [1.165, 1.54) is 4.88 Å². The molecule has 0 amide bonds. The van der Waals surface area contributed by atoms with Gasteiger partial charge in [0.25, 0.3) is 0 Å². The number of aliphatic hydroxyl groups excluding tert-OH is 1. The number of aromatic nitrogens is 3. The summed E-state index contributed by atoms with van der Waals surface area (Å²) >= 11 is 1.76. The van der Waals surface area contributed by atoms with E-state index in [-0.39, 0.29) is 0 Å². The molecule has 5 rings (SSSR count). The fraction of sp³-hybridized carbons (Fsp3) is 0.500. The molecule has 2 N–H and O–H groups in total. The van der Waals surface area contributed by atoms with Crippen molar-refractivity contribution in [3.8, 4) is 11.4 Å². The standard InChI is InChI=1S/C24H31N7O3S/c1-25-21-3-2-17(13-26-21)23-27-20-12-19(15-30-6-4-29(5-7-30)14-18(33)16-32)35-22(20)24(28-23)31-8-10-34-11-9-31/h2-3,12-13,16,18,33H,4-11,14-15H2,1H3,(H,25,26)/t18-/m0/s1. The van der Waals surface area contributed by atoms with Crippen LogP contribution >= 0.6 is 11.3 Å². The van der Waals surface area contributed by atoms with Crippen LogP contribution in [0, 0.1) is 0 Å². The number of aldehydes is 1. The average Bonchev–Trinajstić information content (AvgIpc) is 3.32. The number of aliphatic hydroxyl groups is 1. The lowest BCUT2D eigenvalue weighted by molar-refractivity contribution is -0.115. The van der Waals surface area contributed by atoms with Crippen molar-refractivity contribution < 1.29 is 14.6 Å². The van der Waals surface area contributed by atoms with Crippen LogP contribution in [0.2, 0.25) is 0 Å². The summed E-state index contributed by atoms with van der Waals surface area (Å²) < 4.78 is 6.68. The summed E-state index contributed by atoms with van der Waals surface area (Å²) in [5, 5.41) is 12.7. The number of thiophene rings is 1. The molecule has 0 saturated carbocycles. The molecule has 3 aromatic heterocycles. The van der Waals surface area contributed by atoms with Gasteiger partial charge in [-0.25, -0.2) is 15.0 Å². The molecule has 2 aliphatic heterocycles. The third kappa shape index (κ3) is 5.60. The van der Waals surface area contributed by atoms with Gasteiger partial charge in [-0.3, -0.25) is 9.80 Å². The van der Waals surface area contributed by atoms with Crippen molar-refractivity contribution in [3.05, 3.63) is 29.3 Å². The van der Waals surface area contributed by atoms with Gasteiger partial charge in [-0.15, -0.1) is 11.3 Å². The second-order valence-corrected chi connectivity index (χ2v) is 10.00. The smallest absolute Gasteiger partial charge is 0.163 e. The fourth-order valence-corrected chi connectivity index (χ4v) is 5.65. The Morgan fingerprint density at radius 2 is 1.91 bits per heavy atom. The number of carbonyl (C=O) groups is 1. The number of ether oxygens (including phenoxy) is 1. The van der Waals surface area contributed by atoms with E-state index >= 15 is 0 Å². The summed E-state index contributed by atoms with van der Waals surface area (Å²) in [7, 11) is 1.85. The van der Waals surface area contributed by atoms with Crippen molar-refractivity contribution in [3.63, 3.8) is 0 Å². The Morgan fingerprint density at radius 1 is 1.14 bits per heavy atom. The summed E-state index contributed by atoms with van der Waals surface area (Å²) in [6.07, 6.45) is 1.51. The average molecular weight is 498 g/mol. The van der Waals surface area contributed by atoms with Crippen LogP contribution in [-0.2, 0) is 16.1 Å². The topological polar surface area (TPSA) is 107 Å². The predicted octanol–water partition coefficient (Wildman–Crippen LogP) is 1.31. The van der Waals surface area contributed by atoms with Gasteiger partial charge in [-0.05, 0) is 18.2 Å². The van der Waals surface area contributed by atoms with E-state index in [0.29, 0.717) is 31.9 Å². The van der Waals surface area contributed by atoms with E-state index in [2.05, 4.69) is 31.1 Å². The minimum Gasteiger partial charge on any atom is -0.384 e. The number of rotatable bonds is 8. The van der Waals surface area contributed by atoms with E-state index in [4.69, 9.17) is 14.7 Å². The highest BCUT2D eigenvalue weighted by Gasteiger charge is 2.23. The maximum absolute atomic E-state index is 10.7. The normalized spacial score (nSPS) is 18.6. The number of hydrogen-bond donors (Lipinski definition) is 2. The largest absolute Gasteiger partial charge is 0.384 e. The molecule has 0 spiro atoms. The van der Waals surface area contributed by atoms with Crippen molar-refractivity contribution in [1.29, 1.82) is 0 Å². The van der Waals surface area contributed by atoms with E-state index in [0.717, 1.165) is 73.2 Å². The molecule has 35 heavy (non-hydrogen) atoms. The second-order valence-electron chi connectivity index (χ2n) is 8.86. The van der Waals surface area contributed by atoms with Crippen LogP contribution in [0.25, 0.3) is 21.6 Å². The number of nitrogens with one attached hydrogen (secondary N) is 1. The zero-order valence-corrected chi connectivity index (χ0v) is 20.7. The molecule has 0 unspecified atom stereocenters. The summed E-state index contributed by atoms with van der Waals surface area (Å²) in [6, 6.07) is 6.12. The molecule has 10 nitrogen and oxygen atoms in total. The molecular weight excluding hydrogens is 466 g/mol. The van der Waals surface area contributed by atoms with Crippen LogP contribution in [0.15, 0.2) is 24.4 Å². The summed E-state index contributed by atoms with van der Waals surface area (Å²) in [6.45, 7) is 7.75. The molecule has 0 aliphatic carbocycles. The van der Waals surface area contributed by atoms with Gasteiger partial charge in [0.1, 0.15) is 18.2 Å². The van der Waals surface area contributed by atoms with Crippen molar-refractivity contribution in [2.75, 3.05) is 76.3 Å². The third-order valence-corrected chi connectivity index (χ3v) is 7.54. The summed E-state index contributed by atoms with van der Waals surface area (Å²) in [5.41, 5.74) is 1.85. The first-order valence-corrected chi connectivity index (χ1v) is 12.8. The minimum absolute atomic E-state index is 0.408. The second kappa shape index (κ2) is 10.9. The fourth-order valence-electron chi connectivity index (χ4n) is 4.49. The third-order valence-electron chi connectivity index (χ3n) is 6.44. The van der Waals surface area contributed by atoms with Crippen molar-refractivity contribution in [1.82, 2.24) is 24.8 Å². The Bertz CT molecular complexity index is 1140. The first-order valence-electron chi connectivity index (χ1n) is 12.0. The molecule has 1 atom stereocenters. The highest BCUT2D eigenvalue weighted by atomic mass is 32.1. The Balaban J connectivity index is 1.39. The van der Waals surface area contributed by atoms with Gasteiger partial charge in [0.2, 0.25) is 0 Å². The van der Waals surface area contributed by atoms with E-state index in [9.17, 15) is 9.90 Å². The molecule has 0 bridgehead atoms. The number of piperazine rings is 1. The van der Waals surface area contributed by atoms with Gasteiger partial charge >= 0.3 is 0 Å². The quantitative estimate of drug-likeness (QED) is 0.442. The first-order chi connectivity index (χ1) is 17.1. The number of β-amino-alcohol motifs (C(OH)–C–C–N with tert-alkyl or cyclic N) is 1. The number of fused-ring (bicyclic) bond motifs is 1. The number of pyridine rings is 1. The lowest BCUT2D eigenvalue weighted by Crippen LogP contribution is -2.48. The van der Waals surface area contributed by atoms with Crippen LogP contribution < -0.4 is 10.2 Å². The maximum atomic E-state index is 10.7. The Labute approximate surface area is 208 Å². The van der Waals surface area contributed by atoms with E-state index < -0.39 is 6.10 Å². The SMILES string of the molecule is CNc1ccc(-c2nc(N3CCOCC3)c3sc(CN4CCN(C[C@H](O)C=O)CC4)cc3n2)cn1. The monoisotopic (exact) mass is 497 g/mol. The van der Waals surface area contributed by atoms with E-state index in [1.54, 1.807) is 11.3 Å². The maximum Gasteiger partial charge on any atom is 0.163 e. The Hall–Kier alpha value is -2.70. The van der Waals surface area contributed by atoms with Gasteiger partial charge < -0.3 is 24.9 Å². The Morgan fingerprint density at radius 3 is 2.60 bits per heavy atom. The van der Waals surface area contributed by atoms with Crippen molar-refractivity contribution >= 4 is 39.5 Å². The lowest BCUT2D eigenvalue weighted by Gasteiger charge is -2.34.